The molecule has 0 aliphatic rings. The molecule has 3 aromatic rings. The van der Waals surface area contributed by atoms with Crippen molar-refractivity contribution in [1.82, 2.24) is 20.4 Å². The fraction of sp³-hybridized carbons (Fsp3) is 0.238. The molecule has 3 rings (SSSR count). The standard InChI is InChI=1S/C21H24FN5.HI/c1-23-21(24-14-11-17-5-3-2-4-6-17)25-15-12-19-13-16-27(26-19)20-9-7-18(22)8-10-20;/h2-10,13,16H,11-12,14-15H2,1H3,(H2,23,24,25);1H. The van der Waals surface area contributed by atoms with Crippen molar-refractivity contribution in [3.8, 4) is 5.69 Å². The van der Waals surface area contributed by atoms with Crippen molar-refractivity contribution in [3.63, 3.8) is 0 Å². The monoisotopic (exact) mass is 493 g/mol. The molecule has 0 bridgehead atoms. The van der Waals surface area contributed by atoms with E-state index in [0.29, 0.717) is 0 Å². The molecule has 7 heteroatoms. The third-order valence-corrected chi connectivity index (χ3v) is 4.18. The first kappa shape index (κ1) is 21.9. The van der Waals surface area contributed by atoms with Gasteiger partial charge in [0.15, 0.2) is 5.96 Å². The second-order valence-corrected chi connectivity index (χ2v) is 6.14. The van der Waals surface area contributed by atoms with Crippen LogP contribution in [0.1, 0.15) is 11.3 Å². The lowest BCUT2D eigenvalue weighted by Crippen LogP contribution is -2.39. The van der Waals surface area contributed by atoms with E-state index in [1.54, 1.807) is 23.9 Å². The van der Waals surface area contributed by atoms with Gasteiger partial charge in [-0.05, 0) is 42.3 Å². The summed E-state index contributed by atoms with van der Waals surface area (Å²) in [7, 11) is 1.76. The molecule has 148 valence electrons. The maximum atomic E-state index is 13.0. The Hall–Kier alpha value is -2.42. The molecule has 5 nitrogen and oxygen atoms in total. The minimum Gasteiger partial charge on any atom is -0.356 e. The van der Waals surface area contributed by atoms with E-state index in [-0.39, 0.29) is 29.8 Å². The Morgan fingerprint density at radius 1 is 0.964 bits per heavy atom. The molecule has 0 amide bonds. The van der Waals surface area contributed by atoms with E-state index in [9.17, 15) is 4.39 Å². The van der Waals surface area contributed by atoms with Crippen LogP contribution in [0.15, 0.2) is 71.9 Å². The van der Waals surface area contributed by atoms with Gasteiger partial charge in [-0.25, -0.2) is 9.07 Å². The van der Waals surface area contributed by atoms with Gasteiger partial charge in [-0.1, -0.05) is 30.3 Å². The van der Waals surface area contributed by atoms with Gasteiger partial charge in [-0.3, -0.25) is 4.99 Å². The summed E-state index contributed by atoms with van der Waals surface area (Å²) in [6.45, 7) is 1.55. The molecule has 0 atom stereocenters. The Morgan fingerprint density at radius 2 is 1.64 bits per heavy atom. The highest BCUT2D eigenvalue weighted by molar-refractivity contribution is 14.0. The average molecular weight is 493 g/mol. The van der Waals surface area contributed by atoms with Crippen molar-refractivity contribution in [1.29, 1.82) is 0 Å². The molecule has 0 spiro atoms. The Labute approximate surface area is 182 Å². The van der Waals surface area contributed by atoms with Crippen LogP contribution in [-0.4, -0.2) is 35.9 Å². The first-order valence-electron chi connectivity index (χ1n) is 9.03. The van der Waals surface area contributed by atoms with Gasteiger partial charge in [-0.2, -0.15) is 5.10 Å². The fourth-order valence-electron chi connectivity index (χ4n) is 2.73. The number of hydrogen-bond acceptors (Lipinski definition) is 2. The second-order valence-electron chi connectivity index (χ2n) is 6.14. The molecule has 2 N–H and O–H groups in total. The van der Waals surface area contributed by atoms with Crippen molar-refractivity contribution in [2.24, 2.45) is 4.99 Å². The van der Waals surface area contributed by atoms with Crippen molar-refractivity contribution >= 4 is 29.9 Å². The summed E-state index contributed by atoms with van der Waals surface area (Å²) in [6.07, 6.45) is 3.60. The minimum atomic E-state index is -0.249. The van der Waals surface area contributed by atoms with Crippen molar-refractivity contribution in [2.75, 3.05) is 20.1 Å². The Morgan fingerprint density at radius 3 is 2.32 bits per heavy atom. The van der Waals surface area contributed by atoms with Crippen molar-refractivity contribution < 1.29 is 4.39 Å². The van der Waals surface area contributed by atoms with Crippen LogP contribution in [0.5, 0.6) is 0 Å². The molecule has 0 saturated carbocycles. The number of hydrogen-bond donors (Lipinski definition) is 2. The molecule has 1 heterocycles. The van der Waals surface area contributed by atoms with Crippen LogP contribution in [0.2, 0.25) is 0 Å². The summed E-state index contributed by atoms with van der Waals surface area (Å²) >= 11 is 0. The number of nitrogens with zero attached hydrogens (tertiary/aromatic N) is 3. The van der Waals surface area contributed by atoms with Crippen LogP contribution < -0.4 is 10.6 Å². The van der Waals surface area contributed by atoms with E-state index >= 15 is 0 Å². The number of nitrogens with one attached hydrogen (secondary N) is 2. The molecule has 28 heavy (non-hydrogen) atoms. The number of aromatic nitrogens is 2. The summed E-state index contributed by atoms with van der Waals surface area (Å²) in [5.41, 5.74) is 3.10. The van der Waals surface area contributed by atoms with Crippen LogP contribution in [0.4, 0.5) is 4.39 Å². The van der Waals surface area contributed by atoms with Gasteiger partial charge in [0.25, 0.3) is 0 Å². The summed E-state index contributed by atoms with van der Waals surface area (Å²) in [5, 5.41) is 11.1. The third kappa shape index (κ3) is 6.63. The maximum absolute atomic E-state index is 13.0. The third-order valence-electron chi connectivity index (χ3n) is 4.18. The van der Waals surface area contributed by atoms with Crippen molar-refractivity contribution in [3.05, 3.63) is 83.9 Å². The smallest absolute Gasteiger partial charge is 0.190 e. The number of halogens is 2. The summed E-state index contributed by atoms with van der Waals surface area (Å²) in [6, 6.07) is 18.6. The highest BCUT2D eigenvalue weighted by Gasteiger charge is 2.03. The van der Waals surface area contributed by atoms with Gasteiger partial charge in [0.05, 0.1) is 11.4 Å². The van der Waals surface area contributed by atoms with E-state index in [0.717, 1.165) is 43.3 Å². The van der Waals surface area contributed by atoms with Crippen LogP contribution in [0.25, 0.3) is 5.69 Å². The Balaban J connectivity index is 0.00000280. The minimum absolute atomic E-state index is 0. The van der Waals surface area contributed by atoms with Gasteiger partial charge in [0.1, 0.15) is 5.82 Å². The van der Waals surface area contributed by atoms with E-state index in [2.05, 4.69) is 32.9 Å². The lowest BCUT2D eigenvalue weighted by molar-refractivity contribution is 0.627. The highest BCUT2D eigenvalue weighted by atomic mass is 127. The van der Waals surface area contributed by atoms with Gasteiger partial charge < -0.3 is 10.6 Å². The zero-order valence-corrected chi connectivity index (χ0v) is 18.1. The van der Waals surface area contributed by atoms with Crippen molar-refractivity contribution in [2.45, 2.75) is 12.8 Å². The maximum Gasteiger partial charge on any atom is 0.190 e. The Kier molecular flexibility index (Phi) is 8.93. The first-order chi connectivity index (χ1) is 13.2. The molecule has 0 unspecified atom stereocenters. The first-order valence-corrected chi connectivity index (χ1v) is 9.03. The largest absolute Gasteiger partial charge is 0.356 e. The molecular formula is C21H25FIN5. The summed E-state index contributed by atoms with van der Waals surface area (Å²) < 4.78 is 14.8. The van der Waals surface area contributed by atoms with Crippen LogP contribution in [0, 0.1) is 5.82 Å². The second kappa shape index (κ2) is 11.4. The Bertz CT molecular complexity index is 862. The van der Waals surface area contributed by atoms with Gasteiger partial charge in [-0.15, -0.1) is 24.0 Å². The molecular weight excluding hydrogens is 468 g/mol. The van der Waals surface area contributed by atoms with Crippen LogP contribution >= 0.6 is 24.0 Å². The summed E-state index contributed by atoms with van der Waals surface area (Å²) in [5.74, 6) is 0.533. The van der Waals surface area contributed by atoms with E-state index < -0.39 is 0 Å². The zero-order valence-electron chi connectivity index (χ0n) is 15.8. The topological polar surface area (TPSA) is 54.2 Å². The predicted molar refractivity (Wildman–Crippen MR) is 122 cm³/mol. The SMILES string of the molecule is CN=C(NCCc1ccccc1)NCCc1ccn(-c2ccc(F)cc2)n1.I. The number of rotatable bonds is 7. The van der Waals surface area contributed by atoms with Crippen LogP contribution in [-0.2, 0) is 12.8 Å². The van der Waals surface area contributed by atoms with E-state index in [1.807, 2.05) is 30.5 Å². The number of guanidine groups is 1. The fourth-order valence-corrected chi connectivity index (χ4v) is 2.73. The van der Waals surface area contributed by atoms with Gasteiger partial charge in [0.2, 0.25) is 0 Å². The predicted octanol–water partition coefficient (Wildman–Crippen LogP) is 3.58. The molecule has 0 saturated heterocycles. The quantitative estimate of drug-likeness (QED) is 0.301. The number of aliphatic imine (C=N–C) groups is 1. The highest BCUT2D eigenvalue weighted by Crippen LogP contribution is 2.09. The average Bonchev–Trinajstić information content (AvgIpc) is 3.17. The van der Waals surface area contributed by atoms with Crippen LogP contribution in [0.3, 0.4) is 0 Å². The lowest BCUT2D eigenvalue weighted by atomic mass is 10.1. The molecule has 0 fully saturated rings. The van der Waals surface area contributed by atoms with E-state index in [1.165, 1.54) is 17.7 Å². The van der Waals surface area contributed by atoms with Gasteiger partial charge in [0, 0.05) is 32.8 Å². The molecule has 0 aliphatic carbocycles. The number of benzene rings is 2. The van der Waals surface area contributed by atoms with Gasteiger partial charge >= 0.3 is 0 Å². The normalized spacial score (nSPS) is 11.0. The van der Waals surface area contributed by atoms with E-state index in [4.69, 9.17) is 0 Å². The molecule has 1 aromatic heterocycles. The lowest BCUT2D eigenvalue weighted by Gasteiger charge is -2.11. The zero-order chi connectivity index (χ0) is 18.9. The summed E-state index contributed by atoms with van der Waals surface area (Å²) in [4.78, 5) is 4.24. The molecule has 0 aliphatic heterocycles. The molecule has 2 aromatic carbocycles. The molecule has 0 radical (unpaired) electrons.